The van der Waals surface area contributed by atoms with E-state index in [4.69, 9.17) is 5.73 Å². The normalized spacial score (nSPS) is 10.9. The number of carbonyl (C=O) groups is 1. The van der Waals surface area contributed by atoms with Crippen LogP contribution in [-0.4, -0.2) is 22.4 Å². The fourth-order valence-corrected chi connectivity index (χ4v) is 2.35. The molecule has 0 saturated carbocycles. The Morgan fingerprint density at radius 1 is 1.29 bits per heavy atom. The molecule has 0 spiro atoms. The van der Waals surface area contributed by atoms with Crippen LogP contribution >= 0.6 is 0 Å². The Kier molecular flexibility index (Phi) is 4.36. The Bertz CT molecular complexity index is 626. The van der Waals surface area contributed by atoms with Crippen molar-refractivity contribution in [3.05, 3.63) is 53.3 Å². The zero-order valence-electron chi connectivity index (χ0n) is 13.1. The summed E-state index contributed by atoms with van der Waals surface area (Å²) in [7, 11) is 3.64. The predicted octanol–water partition coefficient (Wildman–Crippen LogP) is 3.00. The number of aromatic nitrogens is 1. The van der Waals surface area contributed by atoms with Gasteiger partial charge in [-0.3, -0.25) is 4.79 Å². The van der Waals surface area contributed by atoms with Gasteiger partial charge in [-0.15, -0.1) is 0 Å². The second-order valence-electron chi connectivity index (χ2n) is 5.83. The summed E-state index contributed by atoms with van der Waals surface area (Å²) in [5.41, 5.74) is 9.37. The van der Waals surface area contributed by atoms with Crippen molar-refractivity contribution in [3.63, 3.8) is 0 Å². The average molecular weight is 285 g/mol. The van der Waals surface area contributed by atoms with Crippen molar-refractivity contribution >= 4 is 11.6 Å². The van der Waals surface area contributed by atoms with Gasteiger partial charge in [-0.05, 0) is 23.1 Å². The monoisotopic (exact) mass is 285 g/mol. The van der Waals surface area contributed by atoms with Gasteiger partial charge in [0.05, 0.1) is 5.69 Å². The summed E-state index contributed by atoms with van der Waals surface area (Å²) >= 11 is 0. The van der Waals surface area contributed by atoms with Crippen LogP contribution in [0.2, 0.25) is 0 Å². The summed E-state index contributed by atoms with van der Waals surface area (Å²) in [5, 5.41) is 0. The molecule has 0 unspecified atom stereocenters. The number of amides is 1. The number of nitrogens with zero attached hydrogens (tertiary/aromatic N) is 2. The van der Waals surface area contributed by atoms with Crippen molar-refractivity contribution in [2.75, 3.05) is 12.8 Å². The van der Waals surface area contributed by atoms with Crippen LogP contribution in [0.3, 0.4) is 0 Å². The van der Waals surface area contributed by atoms with E-state index in [0.717, 1.165) is 5.56 Å². The van der Waals surface area contributed by atoms with Crippen LogP contribution < -0.4 is 5.73 Å². The van der Waals surface area contributed by atoms with Gasteiger partial charge in [0.2, 0.25) is 0 Å². The molecular weight excluding hydrogens is 262 g/mol. The fourth-order valence-electron chi connectivity index (χ4n) is 2.35. The second kappa shape index (κ2) is 6.04. The molecule has 0 radical (unpaired) electrons. The molecule has 2 aromatic rings. The first-order chi connectivity index (χ1) is 9.88. The number of benzene rings is 1. The van der Waals surface area contributed by atoms with E-state index in [1.807, 2.05) is 14.1 Å². The minimum atomic E-state index is -0.0258. The van der Waals surface area contributed by atoms with Crippen molar-refractivity contribution in [2.24, 2.45) is 7.05 Å². The zero-order chi connectivity index (χ0) is 15.6. The molecule has 1 amide bonds. The van der Waals surface area contributed by atoms with E-state index in [1.54, 1.807) is 21.7 Å². The summed E-state index contributed by atoms with van der Waals surface area (Å²) in [6.07, 6.45) is 1.75. The second-order valence-corrected chi connectivity index (χ2v) is 5.83. The largest absolute Gasteiger partial charge is 0.397 e. The SMILES string of the molecule is CC(C)c1ccc(CN(C)C(=O)c2cc(N)cn2C)cc1. The number of nitrogens with two attached hydrogens (primary N) is 1. The number of anilines is 1. The molecule has 0 fully saturated rings. The maximum Gasteiger partial charge on any atom is 0.270 e. The quantitative estimate of drug-likeness (QED) is 0.939. The van der Waals surface area contributed by atoms with Gasteiger partial charge in [-0.2, -0.15) is 0 Å². The molecule has 0 aliphatic heterocycles. The molecule has 0 aliphatic carbocycles. The molecule has 4 heteroatoms. The van der Waals surface area contributed by atoms with E-state index in [0.29, 0.717) is 23.8 Å². The maximum absolute atomic E-state index is 12.4. The third kappa shape index (κ3) is 3.45. The molecule has 1 heterocycles. The molecule has 0 bridgehead atoms. The molecule has 2 N–H and O–H groups in total. The van der Waals surface area contributed by atoms with Gasteiger partial charge < -0.3 is 15.2 Å². The predicted molar refractivity (Wildman–Crippen MR) is 86.2 cm³/mol. The first kappa shape index (κ1) is 15.2. The molecular formula is C17H23N3O. The standard InChI is InChI=1S/C17H23N3O/c1-12(2)14-7-5-13(6-8-14)10-20(4)17(21)16-9-15(18)11-19(16)3/h5-9,11-12H,10,18H2,1-4H3. The summed E-state index contributed by atoms with van der Waals surface area (Å²) < 4.78 is 1.76. The van der Waals surface area contributed by atoms with Crippen LogP contribution in [0, 0.1) is 0 Å². The molecule has 1 aromatic carbocycles. The lowest BCUT2D eigenvalue weighted by molar-refractivity contribution is 0.0775. The zero-order valence-corrected chi connectivity index (χ0v) is 13.1. The first-order valence-electron chi connectivity index (χ1n) is 7.14. The first-order valence-corrected chi connectivity index (χ1v) is 7.14. The number of hydrogen-bond donors (Lipinski definition) is 1. The van der Waals surface area contributed by atoms with Crippen LogP contribution in [0.1, 0.15) is 41.4 Å². The summed E-state index contributed by atoms with van der Waals surface area (Å²) in [6, 6.07) is 10.1. The van der Waals surface area contributed by atoms with Gasteiger partial charge in [0.1, 0.15) is 5.69 Å². The lowest BCUT2D eigenvalue weighted by Crippen LogP contribution is -2.27. The molecule has 0 saturated heterocycles. The molecule has 4 nitrogen and oxygen atoms in total. The molecule has 0 aliphatic rings. The Morgan fingerprint density at radius 3 is 2.38 bits per heavy atom. The minimum Gasteiger partial charge on any atom is -0.397 e. The van der Waals surface area contributed by atoms with E-state index in [1.165, 1.54) is 5.56 Å². The molecule has 21 heavy (non-hydrogen) atoms. The van der Waals surface area contributed by atoms with Gasteiger partial charge in [0.15, 0.2) is 0 Å². The lowest BCUT2D eigenvalue weighted by Gasteiger charge is -2.18. The molecule has 2 rings (SSSR count). The fraction of sp³-hybridized carbons (Fsp3) is 0.353. The third-order valence-electron chi connectivity index (χ3n) is 3.66. The van der Waals surface area contributed by atoms with E-state index >= 15 is 0 Å². The topological polar surface area (TPSA) is 51.3 Å². The van der Waals surface area contributed by atoms with Crippen LogP contribution in [-0.2, 0) is 13.6 Å². The van der Waals surface area contributed by atoms with Crippen LogP contribution in [0.4, 0.5) is 5.69 Å². The van der Waals surface area contributed by atoms with E-state index in [9.17, 15) is 4.79 Å². The smallest absolute Gasteiger partial charge is 0.270 e. The Morgan fingerprint density at radius 2 is 1.90 bits per heavy atom. The van der Waals surface area contributed by atoms with E-state index < -0.39 is 0 Å². The van der Waals surface area contributed by atoms with Crippen molar-refractivity contribution < 1.29 is 4.79 Å². The molecule has 0 atom stereocenters. The summed E-state index contributed by atoms with van der Waals surface area (Å²) in [6.45, 7) is 4.93. The summed E-state index contributed by atoms with van der Waals surface area (Å²) in [4.78, 5) is 14.1. The number of nitrogen functional groups attached to an aromatic ring is 1. The maximum atomic E-state index is 12.4. The summed E-state index contributed by atoms with van der Waals surface area (Å²) in [5.74, 6) is 0.492. The highest BCUT2D eigenvalue weighted by atomic mass is 16.2. The van der Waals surface area contributed by atoms with Crippen LogP contribution in [0.25, 0.3) is 0 Å². The van der Waals surface area contributed by atoms with Gasteiger partial charge in [-0.25, -0.2) is 0 Å². The van der Waals surface area contributed by atoms with Gasteiger partial charge in [-0.1, -0.05) is 38.1 Å². The van der Waals surface area contributed by atoms with Crippen molar-refractivity contribution in [1.29, 1.82) is 0 Å². The van der Waals surface area contributed by atoms with Crippen molar-refractivity contribution in [3.8, 4) is 0 Å². The third-order valence-corrected chi connectivity index (χ3v) is 3.66. The number of hydrogen-bond acceptors (Lipinski definition) is 2. The number of rotatable bonds is 4. The lowest BCUT2D eigenvalue weighted by atomic mass is 10.0. The van der Waals surface area contributed by atoms with E-state index in [2.05, 4.69) is 38.1 Å². The Hall–Kier alpha value is -2.23. The van der Waals surface area contributed by atoms with Crippen molar-refractivity contribution in [1.82, 2.24) is 9.47 Å². The Balaban J connectivity index is 2.08. The van der Waals surface area contributed by atoms with Gasteiger partial charge in [0, 0.05) is 26.8 Å². The van der Waals surface area contributed by atoms with Gasteiger partial charge >= 0.3 is 0 Å². The Labute approximate surface area is 126 Å². The van der Waals surface area contributed by atoms with Gasteiger partial charge in [0.25, 0.3) is 5.91 Å². The molecule has 1 aromatic heterocycles. The number of carbonyl (C=O) groups excluding carboxylic acids is 1. The van der Waals surface area contributed by atoms with Crippen LogP contribution in [0.5, 0.6) is 0 Å². The molecule has 112 valence electrons. The highest BCUT2D eigenvalue weighted by molar-refractivity contribution is 5.93. The average Bonchev–Trinajstić information content (AvgIpc) is 2.77. The highest BCUT2D eigenvalue weighted by Crippen LogP contribution is 2.16. The van der Waals surface area contributed by atoms with E-state index in [-0.39, 0.29) is 5.91 Å². The highest BCUT2D eigenvalue weighted by Gasteiger charge is 2.16. The number of aryl methyl sites for hydroxylation is 1. The van der Waals surface area contributed by atoms with Crippen molar-refractivity contribution in [2.45, 2.75) is 26.3 Å². The minimum absolute atomic E-state index is 0.0258. The van der Waals surface area contributed by atoms with Crippen LogP contribution in [0.15, 0.2) is 36.5 Å².